The fourth-order valence-corrected chi connectivity index (χ4v) is 3.60. The summed E-state index contributed by atoms with van der Waals surface area (Å²) in [5, 5.41) is 14.6. The highest BCUT2D eigenvalue weighted by molar-refractivity contribution is 6.13. The standard InChI is InChI=1S/C25H21N3O6/c1-32-22-11-9-16(28(30)31)13-21(22)27-25(29)18-14-20(26-19-7-5-4-6-17(18)19)15-8-10-23(33-2)24(12-15)34-3/h4-14H,1-3H3,(H,27,29). The molecular weight excluding hydrogens is 438 g/mol. The molecule has 9 nitrogen and oxygen atoms in total. The van der Waals surface area contributed by atoms with Gasteiger partial charge in [-0.25, -0.2) is 4.98 Å². The van der Waals surface area contributed by atoms with Crippen molar-refractivity contribution < 1.29 is 23.9 Å². The Morgan fingerprint density at radius 1 is 0.882 bits per heavy atom. The van der Waals surface area contributed by atoms with Gasteiger partial charge in [0, 0.05) is 23.1 Å². The number of aromatic nitrogens is 1. The smallest absolute Gasteiger partial charge is 0.271 e. The summed E-state index contributed by atoms with van der Waals surface area (Å²) in [6.07, 6.45) is 0. The van der Waals surface area contributed by atoms with E-state index in [9.17, 15) is 14.9 Å². The second-order valence-electron chi connectivity index (χ2n) is 7.24. The van der Waals surface area contributed by atoms with Crippen LogP contribution < -0.4 is 19.5 Å². The number of nitro groups is 1. The van der Waals surface area contributed by atoms with E-state index in [0.717, 1.165) is 5.56 Å². The number of nitrogens with zero attached hydrogens (tertiary/aromatic N) is 2. The molecule has 1 amide bonds. The van der Waals surface area contributed by atoms with Gasteiger partial charge in [-0.15, -0.1) is 0 Å². The van der Waals surface area contributed by atoms with Crippen LogP contribution in [0.3, 0.4) is 0 Å². The Morgan fingerprint density at radius 3 is 2.29 bits per heavy atom. The molecule has 34 heavy (non-hydrogen) atoms. The fourth-order valence-electron chi connectivity index (χ4n) is 3.60. The Morgan fingerprint density at radius 2 is 1.59 bits per heavy atom. The van der Waals surface area contributed by atoms with E-state index < -0.39 is 10.8 Å². The topological polar surface area (TPSA) is 113 Å². The molecule has 4 rings (SSSR count). The number of rotatable bonds is 7. The summed E-state index contributed by atoms with van der Waals surface area (Å²) >= 11 is 0. The number of fused-ring (bicyclic) bond motifs is 1. The van der Waals surface area contributed by atoms with Crippen LogP contribution in [0.25, 0.3) is 22.2 Å². The average molecular weight is 459 g/mol. The van der Waals surface area contributed by atoms with Crippen molar-refractivity contribution >= 4 is 28.2 Å². The van der Waals surface area contributed by atoms with Crippen molar-refractivity contribution in [3.8, 4) is 28.5 Å². The maximum atomic E-state index is 13.4. The Bertz CT molecular complexity index is 1400. The number of methoxy groups -OCH3 is 3. The van der Waals surface area contributed by atoms with E-state index in [1.807, 2.05) is 24.3 Å². The number of nitro benzene ring substituents is 1. The molecule has 0 fully saturated rings. The third kappa shape index (κ3) is 4.31. The van der Waals surface area contributed by atoms with Gasteiger partial charge in [0.15, 0.2) is 11.5 Å². The van der Waals surface area contributed by atoms with E-state index in [0.29, 0.717) is 39.4 Å². The van der Waals surface area contributed by atoms with Gasteiger partial charge in [0.25, 0.3) is 11.6 Å². The van der Waals surface area contributed by atoms with Crippen LogP contribution in [0.5, 0.6) is 17.2 Å². The minimum atomic E-state index is -0.536. The molecule has 1 heterocycles. The molecule has 0 spiro atoms. The fraction of sp³-hybridized carbons (Fsp3) is 0.120. The first kappa shape index (κ1) is 22.5. The van der Waals surface area contributed by atoms with Crippen molar-refractivity contribution in [2.24, 2.45) is 0 Å². The molecule has 0 unspecified atom stereocenters. The van der Waals surface area contributed by atoms with Crippen molar-refractivity contribution in [1.82, 2.24) is 4.98 Å². The first-order chi connectivity index (χ1) is 16.4. The van der Waals surface area contributed by atoms with Crippen molar-refractivity contribution in [2.45, 2.75) is 0 Å². The summed E-state index contributed by atoms with van der Waals surface area (Å²) in [4.78, 5) is 28.8. The highest BCUT2D eigenvalue weighted by atomic mass is 16.6. The number of non-ortho nitro benzene ring substituents is 1. The maximum absolute atomic E-state index is 13.4. The number of hydrogen-bond acceptors (Lipinski definition) is 7. The minimum Gasteiger partial charge on any atom is -0.495 e. The monoisotopic (exact) mass is 459 g/mol. The lowest BCUT2D eigenvalue weighted by atomic mass is 10.0. The van der Waals surface area contributed by atoms with Gasteiger partial charge >= 0.3 is 0 Å². The summed E-state index contributed by atoms with van der Waals surface area (Å²) in [6, 6.07) is 18.3. The third-order valence-corrected chi connectivity index (χ3v) is 5.28. The highest BCUT2D eigenvalue weighted by Gasteiger charge is 2.18. The van der Waals surface area contributed by atoms with E-state index >= 15 is 0 Å². The Kier molecular flexibility index (Phi) is 6.26. The number of pyridine rings is 1. The summed E-state index contributed by atoms with van der Waals surface area (Å²) in [6.45, 7) is 0. The highest BCUT2D eigenvalue weighted by Crippen LogP contribution is 2.34. The predicted octanol–water partition coefficient (Wildman–Crippen LogP) is 5.09. The lowest BCUT2D eigenvalue weighted by Gasteiger charge is -2.13. The van der Waals surface area contributed by atoms with Gasteiger partial charge in [-0.2, -0.15) is 0 Å². The number of ether oxygens (including phenoxy) is 3. The molecule has 0 bridgehead atoms. The molecule has 172 valence electrons. The zero-order valence-electron chi connectivity index (χ0n) is 18.7. The van der Waals surface area contributed by atoms with E-state index in [4.69, 9.17) is 19.2 Å². The number of carbonyl (C=O) groups is 1. The van der Waals surface area contributed by atoms with Gasteiger partial charge in [-0.1, -0.05) is 18.2 Å². The first-order valence-corrected chi connectivity index (χ1v) is 10.2. The first-order valence-electron chi connectivity index (χ1n) is 10.2. The molecule has 0 aliphatic rings. The number of benzene rings is 3. The summed E-state index contributed by atoms with van der Waals surface area (Å²) in [5.74, 6) is 0.946. The number of anilines is 1. The van der Waals surface area contributed by atoms with Gasteiger partial charge < -0.3 is 19.5 Å². The molecule has 4 aromatic rings. The molecule has 1 aromatic heterocycles. The van der Waals surface area contributed by atoms with Crippen molar-refractivity contribution in [3.63, 3.8) is 0 Å². The lowest BCUT2D eigenvalue weighted by Crippen LogP contribution is -2.14. The number of hydrogen-bond donors (Lipinski definition) is 1. The predicted molar refractivity (Wildman–Crippen MR) is 128 cm³/mol. The van der Waals surface area contributed by atoms with Crippen LogP contribution in [0, 0.1) is 10.1 Å². The van der Waals surface area contributed by atoms with Crippen molar-refractivity contribution in [1.29, 1.82) is 0 Å². The zero-order chi connectivity index (χ0) is 24.2. The lowest BCUT2D eigenvalue weighted by molar-refractivity contribution is -0.384. The number of amides is 1. The van der Waals surface area contributed by atoms with Crippen LogP contribution in [0.1, 0.15) is 10.4 Å². The van der Waals surface area contributed by atoms with Crippen LogP contribution in [-0.2, 0) is 0 Å². The summed E-state index contributed by atoms with van der Waals surface area (Å²) < 4.78 is 16.0. The molecule has 9 heteroatoms. The normalized spacial score (nSPS) is 10.6. The summed E-state index contributed by atoms with van der Waals surface area (Å²) in [7, 11) is 4.52. The Hall–Kier alpha value is -4.66. The molecule has 1 N–H and O–H groups in total. The van der Waals surface area contributed by atoms with E-state index in [-0.39, 0.29) is 11.4 Å². The maximum Gasteiger partial charge on any atom is 0.271 e. The van der Waals surface area contributed by atoms with Gasteiger partial charge in [-0.05, 0) is 36.4 Å². The van der Waals surface area contributed by atoms with Crippen LogP contribution >= 0.6 is 0 Å². The minimum absolute atomic E-state index is 0.165. The quantitative estimate of drug-likeness (QED) is 0.303. The van der Waals surface area contributed by atoms with Gasteiger partial charge in [-0.3, -0.25) is 14.9 Å². The third-order valence-electron chi connectivity index (χ3n) is 5.28. The van der Waals surface area contributed by atoms with E-state index in [1.54, 1.807) is 38.5 Å². The molecule has 0 aliphatic carbocycles. The van der Waals surface area contributed by atoms with Crippen LogP contribution in [0.2, 0.25) is 0 Å². The van der Waals surface area contributed by atoms with Gasteiger partial charge in [0.05, 0.1) is 48.7 Å². The Balaban J connectivity index is 1.81. The molecule has 0 aliphatic heterocycles. The van der Waals surface area contributed by atoms with Crippen LogP contribution in [0.15, 0.2) is 66.7 Å². The zero-order valence-corrected chi connectivity index (χ0v) is 18.7. The Labute approximate surface area is 195 Å². The number of nitrogens with one attached hydrogen (secondary N) is 1. The van der Waals surface area contributed by atoms with Crippen LogP contribution in [0.4, 0.5) is 11.4 Å². The van der Waals surface area contributed by atoms with Gasteiger partial charge in [0.1, 0.15) is 5.75 Å². The molecule has 3 aromatic carbocycles. The molecule has 0 radical (unpaired) electrons. The van der Waals surface area contributed by atoms with E-state index in [2.05, 4.69) is 5.32 Å². The van der Waals surface area contributed by atoms with Crippen molar-refractivity contribution in [2.75, 3.05) is 26.6 Å². The molecule has 0 saturated carbocycles. The molecule has 0 atom stereocenters. The molecular formula is C25H21N3O6. The number of para-hydroxylation sites is 1. The van der Waals surface area contributed by atoms with Gasteiger partial charge in [0.2, 0.25) is 0 Å². The second-order valence-corrected chi connectivity index (χ2v) is 7.24. The average Bonchev–Trinajstić information content (AvgIpc) is 2.87. The molecule has 0 saturated heterocycles. The van der Waals surface area contributed by atoms with Crippen LogP contribution in [-0.4, -0.2) is 37.1 Å². The number of carbonyl (C=O) groups excluding carboxylic acids is 1. The second kappa shape index (κ2) is 9.45. The van der Waals surface area contributed by atoms with Crippen molar-refractivity contribution in [3.05, 3.63) is 82.4 Å². The van der Waals surface area contributed by atoms with E-state index in [1.165, 1.54) is 25.3 Å². The largest absolute Gasteiger partial charge is 0.495 e. The SMILES string of the molecule is COc1ccc([N+](=O)[O-])cc1NC(=O)c1cc(-c2ccc(OC)c(OC)c2)nc2ccccc12. The summed E-state index contributed by atoms with van der Waals surface area (Å²) in [5.41, 5.74) is 2.27.